The Hall–Kier alpha value is -1.10. The van der Waals surface area contributed by atoms with Gasteiger partial charge in [0.15, 0.2) is 0 Å². The molecule has 0 unspecified atom stereocenters. The Morgan fingerprint density at radius 3 is 2.19 bits per heavy atom. The smallest absolute Gasteiger partial charge is 0.313 e. The van der Waals surface area contributed by atoms with Gasteiger partial charge in [0.05, 0.1) is 5.56 Å². The van der Waals surface area contributed by atoms with Gasteiger partial charge in [0.2, 0.25) is 0 Å². The SMILES string of the molecule is FC(F)(F)c1ccc([C@]2(F)CCNC2)cc1. The predicted octanol–water partition coefficient (Wildman–Crippen LogP) is 2.86. The van der Waals surface area contributed by atoms with Crippen molar-refractivity contribution in [3.8, 4) is 0 Å². The summed E-state index contributed by atoms with van der Waals surface area (Å²) in [7, 11) is 0. The minimum atomic E-state index is -4.37. The molecule has 1 N–H and O–H groups in total. The fourth-order valence-electron chi connectivity index (χ4n) is 1.87. The van der Waals surface area contributed by atoms with E-state index < -0.39 is 17.4 Å². The molecule has 88 valence electrons. The van der Waals surface area contributed by atoms with E-state index in [2.05, 4.69) is 5.32 Å². The van der Waals surface area contributed by atoms with E-state index in [-0.39, 0.29) is 6.54 Å². The van der Waals surface area contributed by atoms with Gasteiger partial charge in [-0.25, -0.2) is 4.39 Å². The Kier molecular flexibility index (Phi) is 2.66. The van der Waals surface area contributed by atoms with E-state index in [4.69, 9.17) is 0 Å². The summed E-state index contributed by atoms with van der Waals surface area (Å²) in [5, 5.41) is 2.86. The van der Waals surface area contributed by atoms with E-state index in [1.165, 1.54) is 12.1 Å². The molecule has 0 spiro atoms. The lowest BCUT2D eigenvalue weighted by Crippen LogP contribution is -2.23. The highest BCUT2D eigenvalue weighted by Crippen LogP contribution is 2.35. The molecule has 1 saturated heterocycles. The molecule has 0 bridgehead atoms. The second-order valence-corrected chi connectivity index (χ2v) is 3.97. The first-order valence-electron chi connectivity index (χ1n) is 4.99. The monoisotopic (exact) mass is 233 g/mol. The molecule has 0 aliphatic carbocycles. The van der Waals surface area contributed by atoms with E-state index in [1.54, 1.807) is 0 Å². The fraction of sp³-hybridized carbons (Fsp3) is 0.455. The van der Waals surface area contributed by atoms with Crippen molar-refractivity contribution in [3.05, 3.63) is 35.4 Å². The Bertz CT molecular complexity index is 363. The minimum Gasteiger partial charge on any atom is -0.313 e. The zero-order valence-corrected chi connectivity index (χ0v) is 8.44. The molecular weight excluding hydrogens is 222 g/mol. The van der Waals surface area contributed by atoms with Gasteiger partial charge in [0.25, 0.3) is 0 Å². The molecular formula is C11H11F4N. The zero-order valence-electron chi connectivity index (χ0n) is 8.44. The van der Waals surface area contributed by atoms with Crippen molar-refractivity contribution in [2.24, 2.45) is 0 Å². The summed E-state index contributed by atoms with van der Waals surface area (Å²) in [6.45, 7) is 0.718. The summed E-state index contributed by atoms with van der Waals surface area (Å²) < 4.78 is 51.0. The van der Waals surface area contributed by atoms with Crippen molar-refractivity contribution in [1.82, 2.24) is 5.32 Å². The Morgan fingerprint density at radius 1 is 1.12 bits per heavy atom. The Morgan fingerprint density at radius 2 is 1.75 bits per heavy atom. The summed E-state index contributed by atoms with van der Waals surface area (Å²) in [5.41, 5.74) is -1.96. The predicted molar refractivity (Wildman–Crippen MR) is 51.7 cm³/mol. The number of alkyl halides is 4. The summed E-state index contributed by atoms with van der Waals surface area (Å²) in [4.78, 5) is 0. The lowest BCUT2D eigenvalue weighted by atomic mass is 9.94. The average Bonchev–Trinajstić information content (AvgIpc) is 2.66. The Labute approximate surface area is 90.5 Å². The number of hydrogen-bond donors (Lipinski definition) is 1. The van der Waals surface area contributed by atoms with Gasteiger partial charge >= 0.3 is 6.18 Å². The molecule has 2 rings (SSSR count). The number of rotatable bonds is 1. The first kappa shape index (κ1) is 11.4. The van der Waals surface area contributed by atoms with Crippen LogP contribution in [-0.4, -0.2) is 13.1 Å². The van der Waals surface area contributed by atoms with Crippen LogP contribution in [0, 0.1) is 0 Å². The van der Waals surface area contributed by atoms with Gasteiger partial charge in [-0.3, -0.25) is 0 Å². The van der Waals surface area contributed by atoms with Crippen LogP contribution >= 0.6 is 0 Å². The molecule has 1 fully saturated rings. The highest BCUT2D eigenvalue weighted by molar-refractivity contribution is 5.29. The molecule has 1 aliphatic rings. The standard InChI is InChI=1S/C11H11F4N/c12-10(5-6-16-7-10)8-1-3-9(4-2-8)11(13,14)15/h1-4,16H,5-7H2/t10-/m0/s1. The summed E-state index contributed by atoms with van der Waals surface area (Å²) >= 11 is 0. The summed E-state index contributed by atoms with van der Waals surface area (Å²) in [6, 6.07) is 4.29. The van der Waals surface area contributed by atoms with E-state index in [0.717, 1.165) is 12.1 Å². The van der Waals surface area contributed by atoms with Crippen LogP contribution in [0.1, 0.15) is 17.5 Å². The molecule has 0 radical (unpaired) electrons. The Balaban J connectivity index is 2.26. The van der Waals surface area contributed by atoms with Crippen molar-refractivity contribution in [1.29, 1.82) is 0 Å². The van der Waals surface area contributed by atoms with Crippen molar-refractivity contribution in [3.63, 3.8) is 0 Å². The summed E-state index contributed by atoms with van der Waals surface area (Å²) in [6.07, 6.45) is -4.06. The van der Waals surface area contributed by atoms with E-state index >= 15 is 0 Å². The second-order valence-electron chi connectivity index (χ2n) is 3.97. The van der Waals surface area contributed by atoms with Gasteiger partial charge in [-0.05, 0) is 30.7 Å². The van der Waals surface area contributed by atoms with E-state index in [9.17, 15) is 17.6 Å². The van der Waals surface area contributed by atoms with Crippen molar-refractivity contribution >= 4 is 0 Å². The average molecular weight is 233 g/mol. The lowest BCUT2D eigenvalue weighted by molar-refractivity contribution is -0.137. The van der Waals surface area contributed by atoms with E-state index in [1.807, 2.05) is 0 Å². The maximum atomic E-state index is 14.1. The van der Waals surface area contributed by atoms with Crippen LogP contribution in [0.3, 0.4) is 0 Å². The third-order valence-corrected chi connectivity index (χ3v) is 2.83. The van der Waals surface area contributed by atoms with Crippen LogP contribution in [0.2, 0.25) is 0 Å². The molecule has 1 aromatic rings. The molecule has 1 aromatic carbocycles. The van der Waals surface area contributed by atoms with Gasteiger partial charge in [0.1, 0.15) is 5.67 Å². The molecule has 0 aromatic heterocycles. The molecule has 5 heteroatoms. The van der Waals surface area contributed by atoms with Crippen LogP contribution in [0.5, 0.6) is 0 Å². The topological polar surface area (TPSA) is 12.0 Å². The first-order valence-corrected chi connectivity index (χ1v) is 4.99. The van der Waals surface area contributed by atoms with Gasteiger partial charge in [-0.15, -0.1) is 0 Å². The first-order chi connectivity index (χ1) is 7.42. The van der Waals surface area contributed by atoms with Crippen LogP contribution in [-0.2, 0) is 11.8 Å². The maximum absolute atomic E-state index is 14.1. The van der Waals surface area contributed by atoms with Gasteiger partial charge in [-0.1, -0.05) is 12.1 Å². The van der Waals surface area contributed by atoms with Crippen LogP contribution < -0.4 is 5.32 Å². The zero-order chi connectivity index (χ0) is 11.8. The molecule has 1 aliphatic heterocycles. The highest BCUT2D eigenvalue weighted by atomic mass is 19.4. The van der Waals surface area contributed by atoms with Crippen LogP contribution in [0.25, 0.3) is 0 Å². The molecule has 0 saturated carbocycles. The number of benzene rings is 1. The molecule has 1 heterocycles. The summed E-state index contributed by atoms with van der Waals surface area (Å²) in [5.74, 6) is 0. The molecule has 1 atom stereocenters. The fourth-order valence-corrected chi connectivity index (χ4v) is 1.87. The molecule has 16 heavy (non-hydrogen) atoms. The quantitative estimate of drug-likeness (QED) is 0.735. The third kappa shape index (κ3) is 2.04. The van der Waals surface area contributed by atoms with Gasteiger partial charge < -0.3 is 5.32 Å². The number of hydrogen-bond acceptors (Lipinski definition) is 1. The van der Waals surface area contributed by atoms with Crippen molar-refractivity contribution < 1.29 is 17.6 Å². The molecule has 1 nitrogen and oxygen atoms in total. The van der Waals surface area contributed by atoms with Gasteiger partial charge in [0, 0.05) is 6.54 Å². The van der Waals surface area contributed by atoms with Crippen LogP contribution in [0.15, 0.2) is 24.3 Å². The van der Waals surface area contributed by atoms with Crippen LogP contribution in [0.4, 0.5) is 17.6 Å². The number of halogens is 4. The van der Waals surface area contributed by atoms with Gasteiger partial charge in [-0.2, -0.15) is 13.2 Å². The number of nitrogens with one attached hydrogen (secondary N) is 1. The minimum absolute atomic E-state index is 0.165. The van der Waals surface area contributed by atoms with E-state index in [0.29, 0.717) is 18.5 Å². The third-order valence-electron chi connectivity index (χ3n) is 2.83. The maximum Gasteiger partial charge on any atom is 0.416 e. The highest BCUT2D eigenvalue weighted by Gasteiger charge is 2.36. The second kappa shape index (κ2) is 3.73. The normalized spacial score (nSPS) is 26.0. The van der Waals surface area contributed by atoms with Crippen molar-refractivity contribution in [2.45, 2.75) is 18.3 Å². The molecule has 0 amide bonds. The van der Waals surface area contributed by atoms with Crippen molar-refractivity contribution in [2.75, 3.05) is 13.1 Å². The largest absolute Gasteiger partial charge is 0.416 e. The lowest BCUT2D eigenvalue weighted by Gasteiger charge is -2.19.